The number of aliphatic hydroxyl groups excluding tert-OH is 1. The number of hydrogen-bond donors (Lipinski definition) is 1. The van der Waals surface area contributed by atoms with Crippen LogP contribution in [0.15, 0.2) is 10.8 Å². The number of thiophene rings is 1. The smallest absolute Gasteiger partial charge is 0.0830 e. The molecule has 1 N–H and O–H groups in total. The van der Waals surface area contributed by atoms with Gasteiger partial charge >= 0.3 is 0 Å². The van der Waals surface area contributed by atoms with Crippen molar-refractivity contribution in [2.75, 3.05) is 19.8 Å². The van der Waals surface area contributed by atoms with E-state index in [2.05, 4.69) is 17.7 Å². The molecule has 4 heteroatoms. The highest BCUT2D eigenvalue weighted by Crippen LogP contribution is 2.42. The van der Waals surface area contributed by atoms with Crippen LogP contribution in [0.3, 0.4) is 0 Å². The van der Waals surface area contributed by atoms with Gasteiger partial charge in [0.25, 0.3) is 0 Å². The number of aliphatic hydroxyl groups is 1. The van der Waals surface area contributed by atoms with Crippen LogP contribution in [-0.4, -0.2) is 30.5 Å². The highest BCUT2D eigenvalue weighted by atomic mass is 32.1. The second kappa shape index (κ2) is 5.52. The minimum atomic E-state index is -0.338. The largest absolute Gasteiger partial charge is 0.388 e. The Morgan fingerprint density at radius 3 is 2.79 bits per heavy atom. The monoisotopic (exact) mass is 282 g/mol. The molecule has 3 rings (SSSR count). The second-order valence-electron chi connectivity index (χ2n) is 5.85. The average Bonchev–Trinajstić information content (AvgIpc) is 2.85. The van der Waals surface area contributed by atoms with Gasteiger partial charge in [-0.3, -0.25) is 0 Å². The van der Waals surface area contributed by atoms with Crippen molar-refractivity contribution in [2.45, 2.75) is 44.3 Å². The molecule has 0 aromatic carbocycles. The molecule has 0 radical (unpaired) electrons. The number of ether oxygens (including phenoxy) is 2. The number of hydrogen-bond acceptors (Lipinski definition) is 4. The molecule has 2 unspecified atom stereocenters. The van der Waals surface area contributed by atoms with E-state index in [1.54, 1.807) is 11.3 Å². The van der Waals surface area contributed by atoms with Crippen LogP contribution in [0.2, 0.25) is 0 Å². The minimum absolute atomic E-state index is 0.0356. The molecule has 1 spiro atoms. The first kappa shape index (κ1) is 13.6. The summed E-state index contributed by atoms with van der Waals surface area (Å²) in [6.07, 6.45) is 3.53. The number of rotatable bonds is 2. The summed E-state index contributed by atoms with van der Waals surface area (Å²) in [5, 5.41) is 14.9. The van der Waals surface area contributed by atoms with E-state index in [-0.39, 0.29) is 11.7 Å². The highest BCUT2D eigenvalue weighted by molar-refractivity contribution is 7.08. The predicted molar refractivity (Wildman–Crippen MR) is 75.5 cm³/mol. The third-order valence-electron chi connectivity index (χ3n) is 4.60. The molecule has 2 saturated heterocycles. The van der Waals surface area contributed by atoms with E-state index in [1.165, 1.54) is 5.56 Å². The van der Waals surface area contributed by atoms with Gasteiger partial charge in [-0.05, 0) is 60.4 Å². The summed E-state index contributed by atoms with van der Waals surface area (Å²) < 4.78 is 11.5. The average molecular weight is 282 g/mol. The maximum atomic E-state index is 10.6. The van der Waals surface area contributed by atoms with Crippen molar-refractivity contribution in [2.24, 2.45) is 5.92 Å². The zero-order chi connectivity index (χ0) is 13.3. The lowest BCUT2D eigenvalue weighted by molar-refractivity contribution is -0.159. The van der Waals surface area contributed by atoms with Crippen LogP contribution in [0.25, 0.3) is 0 Å². The first-order chi connectivity index (χ1) is 9.20. The van der Waals surface area contributed by atoms with Crippen molar-refractivity contribution in [3.8, 4) is 0 Å². The Bertz CT molecular complexity index is 417. The Kier molecular flexibility index (Phi) is 3.94. The molecule has 0 aliphatic carbocycles. The maximum absolute atomic E-state index is 10.6. The maximum Gasteiger partial charge on any atom is 0.0830 e. The minimum Gasteiger partial charge on any atom is -0.388 e. The van der Waals surface area contributed by atoms with Crippen LogP contribution < -0.4 is 0 Å². The zero-order valence-electron chi connectivity index (χ0n) is 11.4. The first-order valence-electron chi connectivity index (χ1n) is 7.13. The fourth-order valence-corrected chi connectivity index (χ4v) is 4.23. The van der Waals surface area contributed by atoms with E-state index in [4.69, 9.17) is 9.47 Å². The molecule has 19 heavy (non-hydrogen) atoms. The molecule has 2 atom stereocenters. The topological polar surface area (TPSA) is 38.7 Å². The molecule has 106 valence electrons. The highest BCUT2D eigenvalue weighted by Gasteiger charge is 2.41. The van der Waals surface area contributed by atoms with Crippen molar-refractivity contribution in [1.29, 1.82) is 0 Å². The van der Waals surface area contributed by atoms with Crippen molar-refractivity contribution in [3.05, 3.63) is 21.9 Å². The lowest BCUT2D eigenvalue weighted by Gasteiger charge is -2.44. The van der Waals surface area contributed by atoms with Gasteiger partial charge in [-0.2, -0.15) is 11.3 Å². The van der Waals surface area contributed by atoms with Crippen LogP contribution >= 0.6 is 11.3 Å². The van der Waals surface area contributed by atoms with E-state index in [1.807, 2.05) is 0 Å². The van der Waals surface area contributed by atoms with Gasteiger partial charge in [0.2, 0.25) is 0 Å². The third-order valence-corrected chi connectivity index (χ3v) is 5.48. The van der Waals surface area contributed by atoms with Crippen LogP contribution in [-0.2, 0) is 9.47 Å². The summed E-state index contributed by atoms with van der Waals surface area (Å²) in [5.74, 6) is 0.320. The summed E-state index contributed by atoms with van der Waals surface area (Å²) in [5.41, 5.74) is 2.29. The standard InChI is InChI=1S/C15H22O3S/c1-11-9-19-10-13(11)14(16)12-2-5-18-15(8-12)3-6-17-7-4-15/h9-10,12,14,16H,2-8H2,1H3. The number of aryl methyl sites for hydroxylation is 1. The van der Waals surface area contributed by atoms with Crippen molar-refractivity contribution in [3.63, 3.8) is 0 Å². The van der Waals surface area contributed by atoms with Gasteiger partial charge in [-0.1, -0.05) is 0 Å². The molecular weight excluding hydrogens is 260 g/mol. The van der Waals surface area contributed by atoms with Crippen LogP contribution in [0.4, 0.5) is 0 Å². The molecule has 3 nitrogen and oxygen atoms in total. The van der Waals surface area contributed by atoms with Gasteiger partial charge in [0, 0.05) is 19.8 Å². The lowest BCUT2D eigenvalue weighted by atomic mass is 9.77. The van der Waals surface area contributed by atoms with Crippen molar-refractivity contribution < 1.29 is 14.6 Å². The molecule has 2 aliphatic rings. The molecule has 1 aromatic rings. The van der Waals surface area contributed by atoms with Gasteiger partial charge in [-0.15, -0.1) is 0 Å². The Hall–Kier alpha value is -0.420. The molecule has 0 saturated carbocycles. The Morgan fingerprint density at radius 2 is 2.11 bits per heavy atom. The fraction of sp³-hybridized carbons (Fsp3) is 0.733. The van der Waals surface area contributed by atoms with E-state index < -0.39 is 0 Å². The van der Waals surface area contributed by atoms with E-state index in [9.17, 15) is 5.11 Å². The summed E-state index contributed by atoms with van der Waals surface area (Å²) in [4.78, 5) is 0. The Labute approximate surface area is 118 Å². The van der Waals surface area contributed by atoms with Crippen LogP contribution in [0, 0.1) is 12.8 Å². The van der Waals surface area contributed by atoms with Crippen LogP contribution in [0.1, 0.15) is 42.9 Å². The normalized spacial score (nSPS) is 28.4. The lowest BCUT2D eigenvalue weighted by Crippen LogP contribution is -2.45. The zero-order valence-corrected chi connectivity index (χ0v) is 12.2. The van der Waals surface area contributed by atoms with E-state index in [0.717, 1.165) is 51.1 Å². The molecule has 1 aromatic heterocycles. The summed E-state index contributed by atoms with van der Waals surface area (Å²) in [7, 11) is 0. The molecule has 3 heterocycles. The van der Waals surface area contributed by atoms with Gasteiger partial charge < -0.3 is 14.6 Å². The molecule has 2 aliphatic heterocycles. The van der Waals surface area contributed by atoms with Gasteiger partial charge in [0.15, 0.2) is 0 Å². The SMILES string of the molecule is Cc1cscc1C(O)C1CCOC2(CCOCC2)C1. The third kappa shape index (κ3) is 2.72. The Morgan fingerprint density at radius 1 is 1.32 bits per heavy atom. The van der Waals surface area contributed by atoms with Gasteiger partial charge in [-0.25, -0.2) is 0 Å². The molecular formula is C15H22O3S. The van der Waals surface area contributed by atoms with E-state index in [0.29, 0.717) is 5.92 Å². The fourth-order valence-electron chi connectivity index (χ4n) is 3.35. The molecule has 0 bridgehead atoms. The second-order valence-corrected chi connectivity index (χ2v) is 6.60. The predicted octanol–water partition coefficient (Wildman–Crippen LogP) is 3.07. The first-order valence-corrected chi connectivity index (χ1v) is 8.07. The summed E-state index contributed by atoms with van der Waals surface area (Å²) in [6.45, 7) is 4.43. The van der Waals surface area contributed by atoms with Crippen molar-refractivity contribution in [1.82, 2.24) is 0 Å². The van der Waals surface area contributed by atoms with Crippen molar-refractivity contribution >= 4 is 11.3 Å². The summed E-state index contributed by atoms with van der Waals surface area (Å²) >= 11 is 1.67. The van der Waals surface area contributed by atoms with Gasteiger partial charge in [0.05, 0.1) is 11.7 Å². The van der Waals surface area contributed by atoms with Gasteiger partial charge in [0.1, 0.15) is 0 Å². The molecule has 0 amide bonds. The van der Waals surface area contributed by atoms with E-state index >= 15 is 0 Å². The summed E-state index contributed by atoms with van der Waals surface area (Å²) in [6, 6.07) is 0. The quantitative estimate of drug-likeness (QED) is 0.906. The Balaban J connectivity index is 1.72. The van der Waals surface area contributed by atoms with Crippen LogP contribution in [0.5, 0.6) is 0 Å². The molecule has 2 fully saturated rings.